The Balaban J connectivity index is 1.94. The van der Waals surface area contributed by atoms with Crippen LogP contribution in [0.5, 0.6) is 0 Å². The van der Waals surface area contributed by atoms with Crippen LogP contribution in [0.4, 0.5) is 0 Å². The first-order valence-electron chi connectivity index (χ1n) is 9.27. The number of esters is 1. The molecule has 1 aliphatic heterocycles. The summed E-state index contributed by atoms with van der Waals surface area (Å²) in [5, 5.41) is 12.5. The molecule has 134 valence electrons. The molecular formula is C18H33NO4. The van der Waals surface area contributed by atoms with Gasteiger partial charge in [0, 0.05) is 6.42 Å². The fourth-order valence-corrected chi connectivity index (χ4v) is 2.89. The van der Waals surface area contributed by atoms with E-state index in [-0.39, 0.29) is 18.3 Å². The highest BCUT2D eigenvalue weighted by atomic mass is 16.5. The average molecular weight is 327 g/mol. The molecule has 0 aromatic rings. The van der Waals surface area contributed by atoms with Gasteiger partial charge in [-0.2, -0.15) is 0 Å². The first kappa shape index (κ1) is 19.9. The van der Waals surface area contributed by atoms with Crippen LogP contribution < -0.4 is 5.32 Å². The lowest BCUT2D eigenvalue weighted by Crippen LogP contribution is -2.39. The summed E-state index contributed by atoms with van der Waals surface area (Å²) in [4.78, 5) is 23.0. The molecule has 0 radical (unpaired) electrons. The van der Waals surface area contributed by atoms with E-state index in [1.165, 1.54) is 44.9 Å². The molecule has 0 aromatic heterocycles. The number of aliphatic hydroxyl groups is 1. The maximum atomic E-state index is 11.7. The topological polar surface area (TPSA) is 75.6 Å². The van der Waals surface area contributed by atoms with Crippen LogP contribution in [0.3, 0.4) is 0 Å². The third-order valence-corrected chi connectivity index (χ3v) is 4.33. The summed E-state index contributed by atoms with van der Waals surface area (Å²) in [7, 11) is 0. The number of hydrogen-bond donors (Lipinski definition) is 2. The zero-order valence-electron chi connectivity index (χ0n) is 14.5. The normalized spacial score (nSPS) is 18.7. The van der Waals surface area contributed by atoms with Crippen LogP contribution in [-0.4, -0.2) is 35.7 Å². The highest BCUT2D eigenvalue weighted by Crippen LogP contribution is 2.13. The van der Waals surface area contributed by atoms with Gasteiger partial charge < -0.3 is 15.2 Å². The Morgan fingerprint density at radius 2 is 1.78 bits per heavy atom. The number of carbonyl (C=O) groups is 2. The molecule has 2 N–H and O–H groups in total. The van der Waals surface area contributed by atoms with Gasteiger partial charge in [0.15, 0.2) is 0 Å². The minimum absolute atomic E-state index is 0.0702. The fraction of sp³-hybridized carbons (Fsp3) is 0.889. The van der Waals surface area contributed by atoms with Crippen LogP contribution in [0.1, 0.15) is 84.0 Å². The van der Waals surface area contributed by atoms with Crippen molar-refractivity contribution in [2.45, 2.75) is 96.1 Å². The monoisotopic (exact) mass is 327 g/mol. The Morgan fingerprint density at radius 3 is 2.35 bits per heavy atom. The molecule has 1 saturated heterocycles. The fourth-order valence-electron chi connectivity index (χ4n) is 2.89. The number of cyclic esters (lactones) is 1. The quantitative estimate of drug-likeness (QED) is 0.403. The summed E-state index contributed by atoms with van der Waals surface area (Å²) in [6.45, 7) is 2.59. The van der Waals surface area contributed by atoms with Crippen LogP contribution in [0, 0.1) is 0 Å². The Morgan fingerprint density at radius 1 is 1.17 bits per heavy atom. The lowest BCUT2D eigenvalue weighted by Gasteiger charge is -2.12. The minimum Gasteiger partial charge on any atom is -0.464 e. The molecule has 1 rings (SSSR count). The largest absolute Gasteiger partial charge is 0.464 e. The van der Waals surface area contributed by atoms with Crippen molar-refractivity contribution < 1.29 is 19.4 Å². The van der Waals surface area contributed by atoms with Crippen LogP contribution in [0.2, 0.25) is 0 Å². The summed E-state index contributed by atoms with van der Waals surface area (Å²) in [5.74, 6) is -0.635. The van der Waals surface area contributed by atoms with Gasteiger partial charge in [-0.25, -0.2) is 4.79 Å². The van der Waals surface area contributed by atoms with Gasteiger partial charge in [0.05, 0.1) is 19.1 Å². The molecule has 5 heteroatoms. The predicted molar refractivity (Wildman–Crippen MR) is 90.0 cm³/mol. The predicted octanol–water partition coefficient (Wildman–Crippen LogP) is 3.09. The number of hydrogen-bond acceptors (Lipinski definition) is 4. The van der Waals surface area contributed by atoms with Crippen molar-refractivity contribution >= 4 is 11.9 Å². The third kappa shape index (κ3) is 9.59. The van der Waals surface area contributed by atoms with E-state index in [9.17, 15) is 14.7 Å². The second-order valence-corrected chi connectivity index (χ2v) is 6.55. The maximum absolute atomic E-state index is 11.7. The zero-order chi connectivity index (χ0) is 16.9. The van der Waals surface area contributed by atoms with E-state index in [4.69, 9.17) is 4.74 Å². The molecule has 1 heterocycles. The smallest absolute Gasteiger partial charge is 0.328 e. The van der Waals surface area contributed by atoms with E-state index in [1.807, 2.05) is 0 Å². The van der Waals surface area contributed by atoms with E-state index in [2.05, 4.69) is 12.2 Å². The molecule has 23 heavy (non-hydrogen) atoms. The van der Waals surface area contributed by atoms with E-state index in [0.717, 1.165) is 12.8 Å². The molecule has 1 amide bonds. The van der Waals surface area contributed by atoms with Gasteiger partial charge >= 0.3 is 5.97 Å². The highest BCUT2D eigenvalue weighted by molar-refractivity contribution is 5.85. The van der Waals surface area contributed by atoms with E-state index < -0.39 is 12.1 Å². The van der Waals surface area contributed by atoms with Crippen molar-refractivity contribution in [1.82, 2.24) is 5.32 Å². The Hall–Kier alpha value is -1.10. The Labute approximate surface area is 140 Å². The van der Waals surface area contributed by atoms with E-state index in [1.54, 1.807) is 0 Å². The van der Waals surface area contributed by atoms with Crippen LogP contribution in [0.25, 0.3) is 0 Å². The average Bonchev–Trinajstić information content (AvgIpc) is 2.90. The summed E-state index contributed by atoms with van der Waals surface area (Å²) < 4.78 is 4.79. The lowest BCUT2D eigenvalue weighted by atomic mass is 10.0. The van der Waals surface area contributed by atoms with Crippen molar-refractivity contribution in [2.75, 3.05) is 6.61 Å². The summed E-state index contributed by atoms with van der Waals surface area (Å²) in [6.07, 6.45) is 11.8. The SMILES string of the molecule is CCCCCCCCCCC[C@H](O)CC(=O)N[C@H]1CCOC1=O. The van der Waals surface area contributed by atoms with Gasteiger partial charge in [-0.1, -0.05) is 64.7 Å². The Bertz CT molecular complexity index is 346. The first-order valence-corrected chi connectivity index (χ1v) is 9.27. The van der Waals surface area contributed by atoms with Crippen molar-refractivity contribution in [1.29, 1.82) is 0 Å². The number of ether oxygens (including phenoxy) is 1. The second kappa shape index (κ2) is 12.3. The molecule has 0 saturated carbocycles. The molecule has 1 aliphatic rings. The number of unbranched alkanes of at least 4 members (excludes halogenated alkanes) is 8. The highest BCUT2D eigenvalue weighted by Gasteiger charge is 2.28. The summed E-state index contributed by atoms with van der Waals surface area (Å²) in [6, 6.07) is -0.526. The van der Waals surface area contributed by atoms with Crippen molar-refractivity contribution in [3.05, 3.63) is 0 Å². The number of nitrogens with one attached hydrogen (secondary N) is 1. The molecule has 1 fully saturated rings. The molecule has 0 unspecified atom stereocenters. The van der Waals surface area contributed by atoms with E-state index >= 15 is 0 Å². The van der Waals surface area contributed by atoms with Crippen LogP contribution in [0.15, 0.2) is 0 Å². The number of amides is 1. The van der Waals surface area contributed by atoms with Gasteiger partial charge in [-0.15, -0.1) is 0 Å². The molecule has 0 aliphatic carbocycles. The van der Waals surface area contributed by atoms with Crippen molar-refractivity contribution in [3.8, 4) is 0 Å². The third-order valence-electron chi connectivity index (χ3n) is 4.33. The van der Waals surface area contributed by atoms with Gasteiger partial charge in [0.2, 0.25) is 5.91 Å². The van der Waals surface area contributed by atoms with Gasteiger partial charge in [0.1, 0.15) is 6.04 Å². The number of rotatable bonds is 13. The summed E-state index contributed by atoms with van der Waals surface area (Å²) >= 11 is 0. The van der Waals surface area contributed by atoms with Gasteiger partial charge in [-0.3, -0.25) is 4.79 Å². The van der Waals surface area contributed by atoms with Crippen LogP contribution >= 0.6 is 0 Å². The molecule has 5 nitrogen and oxygen atoms in total. The number of carbonyl (C=O) groups excluding carboxylic acids is 2. The lowest BCUT2D eigenvalue weighted by molar-refractivity contribution is -0.141. The zero-order valence-corrected chi connectivity index (χ0v) is 14.5. The maximum Gasteiger partial charge on any atom is 0.328 e. The molecular weight excluding hydrogens is 294 g/mol. The number of aliphatic hydroxyl groups excluding tert-OH is 1. The molecule has 0 aromatic carbocycles. The van der Waals surface area contributed by atoms with Gasteiger partial charge in [0.25, 0.3) is 0 Å². The van der Waals surface area contributed by atoms with Crippen molar-refractivity contribution in [2.24, 2.45) is 0 Å². The van der Waals surface area contributed by atoms with Crippen LogP contribution in [-0.2, 0) is 14.3 Å². The summed E-state index contributed by atoms with van der Waals surface area (Å²) in [5.41, 5.74) is 0. The van der Waals surface area contributed by atoms with E-state index in [0.29, 0.717) is 19.4 Å². The molecule has 2 atom stereocenters. The molecule has 0 spiro atoms. The Kier molecular flexibility index (Phi) is 10.7. The van der Waals surface area contributed by atoms with Crippen molar-refractivity contribution in [3.63, 3.8) is 0 Å². The molecule has 0 bridgehead atoms. The standard InChI is InChI=1S/C18H33NO4/c1-2-3-4-5-6-7-8-9-10-11-15(20)14-17(21)19-16-12-13-23-18(16)22/h15-16,20H,2-14H2,1H3,(H,19,21)/t15-,16-/m0/s1. The second-order valence-electron chi connectivity index (χ2n) is 6.55. The van der Waals surface area contributed by atoms with Gasteiger partial charge in [-0.05, 0) is 6.42 Å². The minimum atomic E-state index is -0.614. The first-order chi connectivity index (χ1) is 11.1.